The van der Waals surface area contributed by atoms with Gasteiger partial charge in [-0.25, -0.2) is 14.8 Å². The molecule has 4 heteroatoms. The number of nitrogens with zero attached hydrogens (tertiary/aromatic N) is 2. The quantitative estimate of drug-likeness (QED) is 0.913. The first kappa shape index (κ1) is 13.2. The van der Waals surface area contributed by atoms with Gasteiger partial charge in [0.15, 0.2) is 5.82 Å². The Hall–Kier alpha value is -2.23. The zero-order valence-electron chi connectivity index (χ0n) is 11.1. The van der Waals surface area contributed by atoms with Crippen LogP contribution in [0.5, 0.6) is 0 Å². The zero-order valence-corrected chi connectivity index (χ0v) is 11.1. The molecule has 2 rings (SSSR count). The lowest BCUT2D eigenvalue weighted by Crippen LogP contribution is -2.07. The lowest BCUT2D eigenvalue weighted by molar-refractivity contribution is 0.0694. The Kier molecular flexibility index (Phi) is 3.90. The van der Waals surface area contributed by atoms with Crippen molar-refractivity contribution in [3.05, 3.63) is 47.3 Å². The summed E-state index contributed by atoms with van der Waals surface area (Å²) in [6.07, 6.45) is 2.89. The van der Waals surface area contributed by atoms with E-state index in [9.17, 15) is 4.79 Å². The van der Waals surface area contributed by atoms with Crippen LogP contribution in [0.15, 0.2) is 30.5 Å². The second kappa shape index (κ2) is 5.61. The number of benzene rings is 1. The van der Waals surface area contributed by atoms with Crippen molar-refractivity contribution in [3.63, 3.8) is 0 Å². The van der Waals surface area contributed by atoms with E-state index >= 15 is 0 Å². The van der Waals surface area contributed by atoms with Gasteiger partial charge in [-0.3, -0.25) is 0 Å². The van der Waals surface area contributed by atoms with Crippen molar-refractivity contribution in [2.24, 2.45) is 0 Å². The Morgan fingerprint density at radius 3 is 2.79 bits per heavy atom. The van der Waals surface area contributed by atoms with Gasteiger partial charge in [0.05, 0.1) is 11.3 Å². The minimum Gasteiger partial charge on any atom is -0.478 e. The molecule has 4 nitrogen and oxygen atoms in total. The molecule has 0 radical (unpaired) electrons. The van der Waals surface area contributed by atoms with Crippen molar-refractivity contribution in [2.45, 2.75) is 26.7 Å². The standard InChI is InChI=1S/C15H16N2O2/c1-3-5-13-12(15(18)19)9-16-14(17-13)11-7-4-6-10(2)8-11/h4,6-9H,3,5H2,1-2H3,(H,18,19). The summed E-state index contributed by atoms with van der Waals surface area (Å²) < 4.78 is 0. The third kappa shape index (κ3) is 2.96. The Morgan fingerprint density at radius 2 is 2.16 bits per heavy atom. The Labute approximate surface area is 112 Å². The molecule has 1 aromatic carbocycles. The number of aryl methyl sites for hydroxylation is 2. The van der Waals surface area contributed by atoms with E-state index in [1.165, 1.54) is 6.20 Å². The minimum atomic E-state index is -0.973. The summed E-state index contributed by atoms with van der Waals surface area (Å²) >= 11 is 0. The summed E-state index contributed by atoms with van der Waals surface area (Å²) in [4.78, 5) is 19.7. The highest BCUT2D eigenvalue weighted by molar-refractivity contribution is 5.88. The molecule has 0 amide bonds. The molecule has 1 aromatic heterocycles. The molecule has 0 aliphatic heterocycles. The van der Waals surface area contributed by atoms with Crippen molar-refractivity contribution in [1.82, 2.24) is 9.97 Å². The topological polar surface area (TPSA) is 63.1 Å². The van der Waals surface area contributed by atoms with E-state index < -0.39 is 5.97 Å². The molecular formula is C15H16N2O2. The van der Waals surface area contributed by atoms with Crippen LogP contribution in [0.4, 0.5) is 0 Å². The number of aromatic nitrogens is 2. The van der Waals surface area contributed by atoms with Gasteiger partial charge in [-0.15, -0.1) is 0 Å². The molecule has 0 aliphatic carbocycles. The van der Waals surface area contributed by atoms with E-state index in [-0.39, 0.29) is 5.56 Å². The van der Waals surface area contributed by atoms with Gasteiger partial charge in [-0.2, -0.15) is 0 Å². The second-order valence-electron chi connectivity index (χ2n) is 4.48. The number of carboxylic acid groups (broad SMARTS) is 1. The highest BCUT2D eigenvalue weighted by Crippen LogP contribution is 2.18. The molecule has 2 aromatic rings. The number of carboxylic acids is 1. The lowest BCUT2D eigenvalue weighted by Gasteiger charge is -2.07. The molecular weight excluding hydrogens is 240 g/mol. The van der Waals surface area contributed by atoms with Crippen LogP contribution in [0.2, 0.25) is 0 Å². The smallest absolute Gasteiger partial charge is 0.339 e. The van der Waals surface area contributed by atoms with Gasteiger partial charge in [-0.1, -0.05) is 37.1 Å². The van der Waals surface area contributed by atoms with Crippen molar-refractivity contribution in [2.75, 3.05) is 0 Å². The molecule has 19 heavy (non-hydrogen) atoms. The molecule has 1 N–H and O–H groups in total. The van der Waals surface area contributed by atoms with Gasteiger partial charge >= 0.3 is 5.97 Å². The summed E-state index contributed by atoms with van der Waals surface area (Å²) in [5.41, 5.74) is 2.83. The van der Waals surface area contributed by atoms with Crippen LogP contribution in [-0.2, 0) is 6.42 Å². The third-order valence-corrected chi connectivity index (χ3v) is 2.86. The van der Waals surface area contributed by atoms with Gasteiger partial charge in [0.25, 0.3) is 0 Å². The number of aromatic carboxylic acids is 1. The number of hydrogen-bond donors (Lipinski definition) is 1. The first-order chi connectivity index (χ1) is 9.11. The zero-order chi connectivity index (χ0) is 13.8. The summed E-state index contributed by atoms with van der Waals surface area (Å²) in [7, 11) is 0. The first-order valence-electron chi connectivity index (χ1n) is 6.28. The molecule has 0 unspecified atom stereocenters. The molecule has 0 saturated carbocycles. The fraction of sp³-hybridized carbons (Fsp3) is 0.267. The Morgan fingerprint density at radius 1 is 1.37 bits per heavy atom. The average molecular weight is 256 g/mol. The maximum atomic E-state index is 11.1. The monoisotopic (exact) mass is 256 g/mol. The molecule has 0 aliphatic rings. The highest BCUT2D eigenvalue weighted by atomic mass is 16.4. The normalized spacial score (nSPS) is 10.4. The van der Waals surface area contributed by atoms with Crippen molar-refractivity contribution in [1.29, 1.82) is 0 Å². The Bertz CT molecular complexity index is 609. The van der Waals surface area contributed by atoms with Crippen LogP contribution in [0.3, 0.4) is 0 Å². The summed E-state index contributed by atoms with van der Waals surface area (Å²) in [6, 6.07) is 7.87. The number of hydrogen-bond acceptors (Lipinski definition) is 3. The summed E-state index contributed by atoms with van der Waals surface area (Å²) in [6.45, 7) is 4.00. The van der Waals surface area contributed by atoms with E-state index in [0.717, 1.165) is 17.5 Å². The van der Waals surface area contributed by atoms with Gasteiger partial charge in [0, 0.05) is 11.8 Å². The fourth-order valence-corrected chi connectivity index (χ4v) is 1.95. The largest absolute Gasteiger partial charge is 0.478 e. The number of carbonyl (C=O) groups is 1. The third-order valence-electron chi connectivity index (χ3n) is 2.86. The predicted molar refractivity (Wildman–Crippen MR) is 73.2 cm³/mol. The molecule has 0 spiro atoms. The van der Waals surface area contributed by atoms with Crippen LogP contribution in [0.25, 0.3) is 11.4 Å². The highest BCUT2D eigenvalue weighted by Gasteiger charge is 2.13. The van der Waals surface area contributed by atoms with Gasteiger partial charge < -0.3 is 5.11 Å². The van der Waals surface area contributed by atoms with E-state index in [2.05, 4.69) is 9.97 Å². The van der Waals surface area contributed by atoms with E-state index in [0.29, 0.717) is 17.9 Å². The molecule has 0 bridgehead atoms. The van der Waals surface area contributed by atoms with Crippen LogP contribution in [0, 0.1) is 6.92 Å². The SMILES string of the molecule is CCCc1nc(-c2cccc(C)c2)ncc1C(=O)O. The maximum absolute atomic E-state index is 11.1. The van der Waals surface area contributed by atoms with Crippen LogP contribution in [-0.4, -0.2) is 21.0 Å². The van der Waals surface area contributed by atoms with Crippen LogP contribution >= 0.6 is 0 Å². The summed E-state index contributed by atoms with van der Waals surface area (Å²) in [5.74, 6) is -0.392. The molecule has 0 saturated heterocycles. The predicted octanol–water partition coefficient (Wildman–Crippen LogP) is 3.10. The van der Waals surface area contributed by atoms with Crippen LogP contribution in [0.1, 0.15) is 35.0 Å². The molecule has 98 valence electrons. The van der Waals surface area contributed by atoms with E-state index in [1.807, 2.05) is 38.1 Å². The molecule has 0 atom stereocenters. The summed E-state index contributed by atoms with van der Waals surface area (Å²) in [5, 5.41) is 9.12. The maximum Gasteiger partial charge on any atom is 0.339 e. The second-order valence-corrected chi connectivity index (χ2v) is 4.48. The average Bonchev–Trinajstić information content (AvgIpc) is 2.39. The fourth-order valence-electron chi connectivity index (χ4n) is 1.95. The van der Waals surface area contributed by atoms with E-state index in [1.54, 1.807) is 0 Å². The van der Waals surface area contributed by atoms with Crippen molar-refractivity contribution in [3.8, 4) is 11.4 Å². The van der Waals surface area contributed by atoms with Gasteiger partial charge in [0.2, 0.25) is 0 Å². The van der Waals surface area contributed by atoms with Crippen LogP contribution < -0.4 is 0 Å². The number of rotatable bonds is 4. The minimum absolute atomic E-state index is 0.193. The van der Waals surface area contributed by atoms with Gasteiger partial charge in [0.1, 0.15) is 0 Å². The molecule has 0 fully saturated rings. The van der Waals surface area contributed by atoms with Crippen molar-refractivity contribution < 1.29 is 9.90 Å². The first-order valence-corrected chi connectivity index (χ1v) is 6.28. The Balaban J connectivity index is 2.48. The molecule has 1 heterocycles. The van der Waals surface area contributed by atoms with Crippen molar-refractivity contribution >= 4 is 5.97 Å². The van der Waals surface area contributed by atoms with E-state index in [4.69, 9.17) is 5.11 Å². The van der Waals surface area contributed by atoms with Gasteiger partial charge in [-0.05, 0) is 19.4 Å². The lowest BCUT2D eigenvalue weighted by atomic mass is 10.1.